The number of nitrogens with one attached hydrogen (secondary N) is 1. The fraction of sp³-hybridized carbons (Fsp3) is 0.643. The van der Waals surface area contributed by atoms with Crippen molar-refractivity contribution in [2.24, 2.45) is 0 Å². The molecule has 0 radical (unpaired) electrons. The lowest BCUT2D eigenvalue weighted by Gasteiger charge is -2.13. The number of nitrogens with zero attached hydrogens (tertiary/aromatic N) is 3. The van der Waals surface area contributed by atoms with E-state index in [0.717, 1.165) is 38.7 Å². The number of aromatic nitrogens is 3. The van der Waals surface area contributed by atoms with Gasteiger partial charge in [0.2, 0.25) is 5.13 Å². The third-order valence-electron chi connectivity index (χ3n) is 2.86. The van der Waals surface area contributed by atoms with Crippen molar-refractivity contribution in [2.45, 2.75) is 52.9 Å². The second-order valence-electron chi connectivity index (χ2n) is 5.88. The van der Waals surface area contributed by atoms with Gasteiger partial charge < -0.3 is 5.32 Å². The monoisotopic (exact) mass is 310 g/mol. The van der Waals surface area contributed by atoms with Crippen molar-refractivity contribution < 1.29 is 0 Å². The molecule has 110 valence electrons. The maximum atomic E-state index is 4.68. The first-order chi connectivity index (χ1) is 9.41. The van der Waals surface area contributed by atoms with Crippen LogP contribution < -0.4 is 5.32 Å². The molecule has 2 aromatic rings. The summed E-state index contributed by atoms with van der Waals surface area (Å²) >= 11 is 3.34. The third-order valence-corrected chi connectivity index (χ3v) is 5.48. The number of aryl methyl sites for hydroxylation is 1. The molecule has 0 aromatic carbocycles. The van der Waals surface area contributed by atoms with Crippen molar-refractivity contribution >= 4 is 27.8 Å². The highest BCUT2D eigenvalue weighted by Gasteiger charge is 2.22. The predicted octanol–water partition coefficient (Wildman–Crippen LogP) is 4.48. The quantitative estimate of drug-likeness (QED) is 0.827. The Kier molecular flexibility index (Phi) is 4.75. The van der Waals surface area contributed by atoms with E-state index in [9.17, 15) is 0 Å². The molecule has 0 saturated heterocycles. The predicted molar refractivity (Wildman–Crippen MR) is 87.9 cm³/mol. The smallest absolute Gasteiger partial charge is 0.206 e. The van der Waals surface area contributed by atoms with Crippen molar-refractivity contribution in [2.75, 3.05) is 11.9 Å². The highest BCUT2D eigenvalue weighted by atomic mass is 32.1. The Bertz CT molecular complexity index is 566. The van der Waals surface area contributed by atoms with Gasteiger partial charge in [0.25, 0.3) is 0 Å². The zero-order valence-corrected chi connectivity index (χ0v) is 14.4. The van der Waals surface area contributed by atoms with Crippen molar-refractivity contribution in [3.05, 3.63) is 10.7 Å². The molecule has 0 unspecified atom stereocenters. The van der Waals surface area contributed by atoms with Crippen LogP contribution in [-0.4, -0.2) is 21.7 Å². The van der Waals surface area contributed by atoms with Crippen molar-refractivity contribution in [1.82, 2.24) is 15.2 Å². The second kappa shape index (κ2) is 6.18. The van der Waals surface area contributed by atoms with Crippen LogP contribution in [0.5, 0.6) is 0 Å². The molecule has 6 heteroatoms. The highest BCUT2D eigenvalue weighted by molar-refractivity contribution is 7.23. The molecule has 1 N–H and O–H groups in total. The number of thiazole rings is 1. The molecular formula is C14H22N4S2. The van der Waals surface area contributed by atoms with Gasteiger partial charge in [-0.15, -0.1) is 21.5 Å². The molecule has 4 nitrogen and oxygen atoms in total. The number of hydrogen-bond donors (Lipinski definition) is 1. The normalized spacial score (nSPS) is 11.8. The Morgan fingerprint density at radius 2 is 1.90 bits per heavy atom. The molecule has 0 aliphatic carbocycles. The summed E-state index contributed by atoms with van der Waals surface area (Å²) in [5.74, 6) is 0. The summed E-state index contributed by atoms with van der Waals surface area (Å²) < 4.78 is 0. The number of hydrogen-bond acceptors (Lipinski definition) is 6. The number of unbranched alkanes of at least 4 members (excludes halogenated alkanes) is 1. The van der Waals surface area contributed by atoms with Crippen LogP contribution >= 0.6 is 22.7 Å². The Morgan fingerprint density at radius 3 is 2.50 bits per heavy atom. The van der Waals surface area contributed by atoms with E-state index in [0.29, 0.717) is 0 Å². The van der Waals surface area contributed by atoms with Crippen LogP contribution in [0.1, 0.15) is 51.2 Å². The summed E-state index contributed by atoms with van der Waals surface area (Å²) in [5.41, 5.74) is 1.14. The summed E-state index contributed by atoms with van der Waals surface area (Å²) in [6.45, 7) is 11.8. The molecule has 2 aromatic heterocycles. The van der Waals surface area contributed by atoms with E-state index < -0.39 is 0 Å². The molecule has 0 aliphatic rings. The first-order valence-corrected chi connectivity index (χ1v) is 8.60. The van der Waals surface area contributed by atoms with E-state index in [1.54, 1.807) is 22.7 Å². The van der Waals surface area contributed by atoms with Gasteiger partial charge in [-0.2, -0.15) is 0 Å². The van der Waals surface area contributed by atoms with Crippen LogP contribution in [0.3, 0.4) is 0 Å². The van der Waals surface area contributed by atoms with Crippen LogP contribution in [0.25, 0.3) is 9.88 Å². The molecule has 0 atom stereocenters. The van der Waals surface area contributed by atoms with Gasteiger partial charge in [-0.25, -0.2) is 4.98 Å². The van der Waals surface area contributed by atoms with Gasteiger partial charge in [0.15, 0.2) is 5.01 Å². The SMILES string of the molecule is CCCCNc1nnc(-c2sc(C(C)(C)C)nc2C)s1. The zero-order valence-electron chi connectivity index (χ0n) is 12.8. The minimum absolute atomic E-state index is 0.0839. The first-order valence-electron chi connectivity index (χ1n) is 6.97. The molecule has 0 bridgehead atoms. The zero-order chi connectivity index (χ0) is 14.8. The number of anilines is 1. The van der Waals surface area contributed by atoms with E-state index in [2.05, 4.69) is 48.2 Å². The molecular weight excluding hydrogens is 288 g/mol. The lowest BCUT2D eigenvalue weighted by molar-refractivity contribution is 0.584. The van der Waals surface area contributed by atoms with Crippen molar-refractivity contribution in [1.29, 1.82) is 0 Å². The van der Waals surface area contributed by atoms with Crippen molar-refractivity contribution in [3.8, 4) is 9.88 Å². The van der Waals surface area contributed by atoms with Gasteiger partial charge in [0, 0.05) is 12.0 Å². The maximum Gasteiger partial charge on any atom is 0.206 e. The lowest BCUT2D eigenvalue weighted by atomic mass is 9.98. The van der Waals surface area contributed by atoms with Gasteiger partial charge in [0.1, 0.15) is 0 Å². The fourth-order valence-electron chi connectivity index (χ4n) is 1.67. The Morgan fingerprint density at radius 1 is 1.15 bits per heavy atom. The minimum atomic E-state index is 0.0839. The van der Waals surface area contributed by atoms with Gasteiger partial charge in [0.05, 0.1) is 15.6 Å². The Hall–Kier alpha value is -1.01. The third kappa shape index (κ3) is 3.55. The molecule has 0 amide bonds. The Labute approximate surface area is 128 Å². The Balaban J connectivity index is 2.18. The van der Waals surface area contributed by atoms with E-state index >= 15 is 0 Å². The highest BCUT2D eigenvalue weighted by Crippen LogP contribution is 2.37. The number of rotatable bonds is 5. The molecule has 0 fully saturated rings. The summed E-state index contributed by atoms with van der Waals surface area (Å²) in [6, 6.07) is 0. The van der Waals surface area contributed by atoms with Gasteiger partial charge >= 0.3 is 0 Å². The molecule has 2 rings (SSSR count). The molecule has 0 aliphatic heterocycles. The topological polar surface area (TPSA) is 50.7 Å². The lowest BCUT2D eigenvalue weighted by Crippen LogP contribution is -2.10. The van der Waals surface area contributed by atoms with Crippen molar-refractivity contribution in [3.63, 3.8) is 0 Å². The van der Waals surface area contributed by atoms with E-state index in [-0.39, 0.29) is 5.41 Å². The van der Waals surface area contributed by atoms with E-state index in [4.69, 9.17) is 0 Å². The first kappa shape index (κ1) is 15.4. The maximum absolute atomic E-state index is 4.68. The fourth-order valence-corrected chi connectivity index (χ4v) is 3.69. The molecule has 0 saturated carbocycles. The molecule has 20 heavy (non-hydrogen) atoms. The van der Waals surface area contributed by atoms with E-state index in [1.165, 1.54) is 6.42 Å². The molecule has 2 heterocycles. The summed E-state index contributed by atoms with van der Waals surface area (Å²) in [5, 5.41) is 14.9. The summed E-state index contributed by atoms with van der Waals surface area (Å²) in [6.07, 6.45) is 2.34. The van der Waals surface area contributed by atoms with Gasteiger partial charge in [-0.1, -0.05) is 45.5 Å². The van der Waals surface area contributed by atoms with Crippen LogP contribution in [0.2, 0.25) is 0 Å². The van der Waals surface area contributed by atoms with Crippen LogP contribution in [-0.2, 0) is 5.41 Å². The second-order valence-corrected chi connectivity index (χ2v) is 7.85. The summed E-state index contributed by atoms with van der Waals surface area (Å²) in [4.78, 5) is 5.83. The van der Waals surface area contributed by atoms with E-state index in [1.807, 2.05) is 6.92 Å². The largest absolute Gasteiger partial charge is 0.360 e. The minimum Gasteiger partial charge on any atom is -0.360 e. The average Bonchev–Trinajstić information content (AvgIpc) is 2.95. The standard InChI is InChI=1S/C14H22N4S2/c1-6-7-8-15-13-18-17-11(20-13)10-9(2)16-12(19-10)14(3,4)5/h6-8H2,1-5H3,(H,15,18). The van der Waals surface area contributed by atoms with Crippen LogP contribution in [0.15, 0.2) is 0 Å². The van der Waals surface area contributed by atoms with Gasteiger partial charge in [-0.05, 0) is 13.3 Å². The van der Waals surface area contributed by atoms with Crippen LogP contribution in [0, 0.1) is 6.92 Å². The molecule has 0 spiro atoms. The summed E-state index contributed by atoms with van der Waals surface area (Å²) in [7, 11) is 0. The van der Waals surface area contributed by atoms with Crippen LogP contribution in [0.4, 0.5) is 5.13 Å². The average molecular weight is 310 g/mol. The van der Waals surface area contributed by atoms with Gasteiger partial charge in [-0.3, -0.25) is 0 Å².